The smallest absolute Gasteiger partial charge is 0.337 e. The lowest BCUT2D eigenvalue weighted by molar-refractivity contribution is 0.0682. The number of nitrogens with zero attached hydrogens (tertiary/aromatic N) is 1. The van der Waals surface area contributed by atoms with Crippen LogP contribution in [-0.2, 0) is 6.42 Å². The number of H-pyrrole nitrogens is 2. The van der Waals surface area contributed by atoms with E-state index in [0.717, 1.165) is 23.8 Å². The van der Waals surface area contributed by atoms with E-state index in [1.165, 1.54) is 0 Å². The third-order valence-corrected chi connectivity index (χ3v) is 5.00. The molecule has 7 N–H and O–H groups in total. The van der Waals surface area contributed by atoms with E-state index < -0.39 is 17.8 Å². The molecule has 33 heavy (non-hydrogen) atoms. The zero-order valence-electron chi connectivity index (χ0n) is 16.9. The molecular weight excluding hydrogens is 430 g/mol. The van der Waals surface area contributed by atoms with Crippen molar-refractivity contribution in [2.24, 2.45) is 0 Å². The third kappa shape index (κ3) is 4.28. The van der Waals surface area contributed by atoms with E-state index in [0.29, 0.717) is 23.0 Å². The van der Waals surface area contributed by atoms with Crippen molar-refractivity contribution in [1.82, 2.24) is 15.0 Å². The van der Waals surface area contributed by atoms with Gasteiger partial charge in [0.2, 0.25) is 5.95 Å². The van der Waals surface area contributed by atoms with E-state index in [1.807, 2.05) is 0 Å². The van der Waals surface area contributed by atoms with E-state index in [1.54, 1.807) is 30.5 Å². The summed E-state index contributed by atoms with van der Waals surface area (Å²) in [7, 11) is 0. The van der Waals surface area contributed by atoms with Crippen molar-refractivity contribution < 1.29 is 24.6 Å². The number of nitrogen functional groups attached to an aromatic ring is 1. The summed E-state index contributed by atoms with van der Waals surface area (Å²) in [5.74, 6) is -3.14. The van der Waals surface area contributed by atoms with Gasteiger partial charge in [0.05, 0.1) is 22.2 Å². The number of hydrogen-bond donors (Lipinski definition) is 6. The van der Waals surface area contributed by atoms with E-state index in [9.17, 15) is 24.3 Å². The predicted octanol–water partition coefficient (Wildman–Crippen LogP) is 2.07. The van der Waals surface area contributed by atoms with Crippen LogP contribution in [0.15, 0.2) is 53.5 Å². The monoisotopic (exact) mass is 447 g/mol. The lowest BCUT2D eigenvalue weighted by Crippen LogP contribution is -2.15. The fraction of sp³-hybridized carbons (Fsp3) is 0.0455. The van der Waals surface area contributed by atoms with Gasteiger partial charge in [-0.25, -0.2) is 9.59 Å². The number of benzene rings is 2. The standard InChI is InChI=1S/C22H17N5O6/c23-22-26-17-16(19(29)27-22)13(9-24-17)7-10-1-3-11(4-2-10)18(28)25-15-8-12(20(30)31)5-6-14(15)21(32)33/h1-6,8-9H,7H2,(H,25,28)(H,30,31)(H,32,33)(H4,23,24,26,27,29). The molecule has 0 radical (unpaired) electrons. The molecule has 11 heteroatoms. The second-order valence-corrected chi connectivity index (χ2v) is 7.19. The first-order valence-corrected chi connectivity index (χ1v) is 9.59. The molecule has 0 aliphatic carbocycles. The van der Waals surface area contributed by atoms with Crippen molar-refractivity contribution >= 4 is 40.5 Å². The van der Waals surface area contributed by atoms with Crippen molar-refractivity contribution in [2.45, 2.75) is 6.42 Å². The lowest BCUT2D eigenvalue weighted by Gasteiger charge is -2.10. The first kappa shape index (κ1) is 21.3. The molecule has 11 nitrogen and oxygen atoms in total. The van der Waals surface area contributed by atoms with Gasteiger partial charge in [0.1, 0.15) is 5.65 Å². The number of nitrogens with two attached hydrogens (primary N) is 1. The van der Waals surface area contributed by atoms with E-state index >= 15 is 0 Å². The normalized spacial score (nSPS) is 10.8. The van der Waals surface area contributed by atoms with Crippen LogP contribution in [0.1, 0.15) is 42.2 Å². The minimum Gasteiger partial charge on any atom is -0.478 e. The van der Waals surface area contributed by atoms with Gasteiger partial charge in [0, 0.05) is 11.8 Å². The zero-order chi connectivity index (χ0) is 23.7. The summed E-state index contributed by atoms with van der Waals surface area (Å²) >= 11 is 0. The molecule has 0 aliphatic rings. The molecule has 0 saturated heterocycles. The molecule has 2 aromatic carbocycles. The summed E-state index contributed by atoms with van der Waals surface area (Å²) in [5.41, 5.74) is 6.80. The summed E-state index contributed by atoms with van der Waals surface area (Å²) in [6.45, 7) is 0. The molecule has 0 saturated carbocycles. The highest BCUT2D eigenvalue weighted by Crippen LogP contribution is 2.21. The Labute approximate surface area is 184 Å². The number of hydrogen-bond acceptors (Lipinski definition) is 6. The van der Waals surface area contributed by atoms with Crippen molar-refractivity contribution in [3.8, 4) is 0 Å². The number of rotatable bonds is 6. The molecule has 0 atom stereocenters. The summed E-state index contributed by atoms with van der Waals surface area (Å²) in [4.78, 5) is 56.8. The number of aromatic carboxylic acids is 2. The average molecular weight is 447 g/mol. The van der Waals surface area contributed by atoms with Crippen LogP contribution in [-0.4, -0.2) is 43.0 Å². The fourth-order valence-corrected chi connectivity index (χ4v) is 3.42. The largest absolute Gasteiger partial charge is 0.478 e. The number of carbonyl (C=O) groups excluding carboxylic acids is 1. The van der Waals surface area contributed by atoms with Crippen LogP contribution in [0.3, 0.4) is 0 Å². The summed E-state index contributed by atoms with van der Waals surface area (Å²) in [6.07, 6.45) is 2.05. The molecular formula is C22H17N5O6. The number of anilines is 2. The Morgan fingerprint density at radius 2 is 1.70 bits per heavy atom. The lowest BCUT2D eigenvalue weighted by atomic mass is 10.0. The highest BCUT2D eigenvalue weighted by Gasteiger charge is 2.17. The molecule has 4 rings (SSSR count). The maximum absolute atomic E-state index is 12.6. The molecule has 166 valence electrons. The minimum absolute atomic E-state index is 0.0104. The quantitative estimate of drug-likeness (QED) is 0.259. The molecule has 2 aromatic heterocycles. The average Bonchev–Trinajstić information content (AvgIpc) is 3.16. The van der Waals surface area contributed by atoms with E-state index in [-0.39, 0.29) is 33.9 Å². The van der Waals surface area contributed by atoms with Crippen LogP contribution in [0, 0.1) is 0 Å². The number of carboxylic acids is 2. The number of carbonyl (C=O) groups is 3. The Balaban J connectivity index is 1.55. The molecule has 0 aliphatic heterocycles. The Bertz CT molecular complexity index is 1470. The maximum Gasteiger partial charge on any atom is 0.337 e. The van der Waals surface area contributed by atoms with E-state index in [2.05, 4.69) is 20.3 Å². The number of aromatic amines is 2. The van der Waals surface area contributed by atoms with Crippen LogP contribution in [0.2, 0.25) is 0 Å². The Morgan fingerprint density at radius 3 is 2.36 bits per heavy atom. The van der Waals surface area contributed by atoms with Crippen LogP contribution in [0.4, 0.5) is 11.6 Å². The predicted molar refractivity (Wildman–Crippen MR) is 119 cm³/mol. The maximum atomic E-state index is 12.6. The van der Waals surface area contributed by atoms with Gasteiger partial charge in [-0.05, 0) is 47.9 Å². The highest BCUT2D eigenvalue weighted by molar-refractivity contribution is 6.08. The number of nitrogens with one attached hydrogen (secondary N) is 3. The van der Waals surface area contributed by atoms with Crippen LogP contribution < -0.4 is 16.6 Å². The van der Waals surface area contributed by atoms with Crippen LogP contribution >= 0.6 is 0 Å². The Kier molecular flexibility index (Phi) is 5.36. The van der Waals surface area contributed by atoms with Gasteiger partial charge in [-0.15, -0.1) is 0 Å². The van der Waals surface area contributed by atoms with Crippen molar-refractivity contribution in [3.05, 3.63) is 86.8 Å². The molecule has 0 spiro atoms. The molecule has 0 unspecified atom stereocenters. The zero-order valence-corrected chi connectivity index (χ0v) is 16.9. The summed E-state index contributed by atoms with van der Waals surface area (Å²) in [5, 5.41) is 21.3. The highest BCUT2D eigenvalue weighted by atomic mass is 16.4. The number of aromatic nitrogens is 3. The second kappa shape index (κ2) is 8.30. The number of fused-ring (bicyclic) bond motifs is 1. The van der Waals surface area contributed by atoms with Crippen LogP contribution in [0.5, 0.6) is 0 Å². The second-order valence-electron chi connectivity index (χ2n) is 7.19. The summed E-state index contributed by atoms with van der Waals surface area (Å²) in [6, 6.07) is 9.83. The number of amides is 1. The first-order chi connectivity index (χ1) is 15.7. The topological polar surface area (TPSA) is 191 Å². The number of carboxylic acid groups (broad SMARTS) is 2. The molecule has 0 bridgehead atoms. The Hall–Kier alpha value is -4.93. The minimum atomic E-state index is -1.30. The van der Waals surface area contributed by atoms with Gasteiger partial charge in [-0.1, -0.05) is 12.1 Å². The van der Waals surface area contributed by atoms with E-state index in [4.69, 9.17) is 10.8 Å². The molecule has 2 heterocycles. The third-order valence-electron chi connectivity index (χ3n) is 5.00. The van der Waals surface area contributed by atoms with Gasteiger partial charge >= 0.3 is 11.9 Å². The molecule has 0 fully saturated rings. The Morgan fingerprint density at radius 1 is 1.00 bits per heavy atom. The molecule has 4 aromatic rings. The summed E-state index contributed by atoms with van der Waals surface area (Å²) < 4.78 is 0. The van der Waals surface area contributed by atoms with Crippen molar-refractivity contribution in [1.29, 1.82) is 0 Å². The van der Waals surface area contributed by atoms with Gasteiger partial charge in [0.15, 0.2) is 0 Å². The SMILES string of the molecule is Nc1nc2[nH]cc(Cc3ccc(C(=O)Nc4cc(C(=O)O)ccc4C(=O)O)cc3)c2c(=O)[nH]1. The van der Waals surface area contributed by atoms with Crippen LogP contribution in [0.25, 0.3) is 11.0 Å². The van der Waals surface area contributed by atoms with Crippen molar-refractivity contribution in [3.63, 3.8) is 0 Å². The van der Waals surface area contributed by atoms with Gasteiger partial charge in [-0.3, -0.25) is 14.6 Å². The first-order valence-electron chi connectivity index (χ1n) is 9.59. The van der Waals surface area contributed by atoms with Crippen molar-refractivity contribution in [2.75, 3.05) is 11.1 Å². The van der Waals surface area contributed by atoms with Gasteiger partial charge in [0.25, 0.3) is 11.5 Å². The molecule has 1 amide bonds. The van der Waals surface area contributed by atoms with Gasteiger partial charge < -0.3 is 26.2 Å². The fourth-order valence-electron chi connectivity index (χ4n) is 3.42. The van der Waals surface area contributed by atoms with Gasteiger partial charge in [-0.2, -0.15) is 4.98 Å².